The molecule has 1 aromatic rings. The topological polar surface area (TPSA) is 55.8 Å². The summed E-state index contributed by atoms with van der Waals surface area (Å²) in [7, 11) is 0. The lowest BCUT2D eigenvalue weighted by Crippen LogP contribution is -2.11. The van der Waals surface area contributed by atoms with Gasteiger partial charge in [-0.25, -0.2) is 4.79 Å². The molecule has 0 aliphatic rings. The molecule has 0 aliphatic carbocycles. The van der Waals surface area contributed by atoms with Crippen molar-refractivity contribution in [2.24, 2.45) is 0 Å². The summed E-state index contributed by atoms with van der Waals surface area (Å²) in [6, 6.07) is 1.53. The molecule has 0 aromatic heterocycles. The van der Waals surface area contributed by atoms with E-state index in [-0.39, 0.29) is 5.02 Å². The number of rotatable bonds is 5. The van der Waals surface area contributed by atoms with Gasteiger partial charge in [0.2, 0.25) is 0 Å². The largest absolute Gasteiger partial charge is 0.478 e. The zero-order valence-electron chi connectivity index (χ0n) is 8.37. The van der Waals surface area contributed by atoms with Crippen LogP contribution in [0.25, 0.3) is 0 Å². The molecule has 0 unspecified atom stereocenters. The van der Waals surface area contributed by atoms with Crippen LogP contribution in [0.5, 0.6) is 11.5 Å². The fourth-order valence-corrected chi connectivity index (χ4v) is 1.33. The van der Waals surface area contributed by atoms with E-state index in [1.807, 2.05) is 0 Å². The lowest BCUT2D eigenvalue weighted by atomic mass is 10.2. The van der Waals surface area contributed by atoms with Crippen LogP contribution < -0.4 is 9.47 Å². The Balaban J connectivity index is 3.32. The lowest BCUT2D eigenvalue weighted by Gasteiger charge is -2.14. The van der Waals surface area contributed by atoms with Crippen LogP contribution in [0.2, 0.25) is 5.02 Å². The summed E-state index contributed by atoms with van der Waals surface area (Å²) in [6.45, 7) is -6.74. The Labute approximate surface area is 103 Å². The number of ether oxygens (including phenoxy) is 2. The molecule has 1 N–H and O–H groups in total. The van der Waals surface area contributed by atoms with Gasteiger partial charge in [-0.1, -0.05) is 11.6 Å². The van der Waals surface area contributed by atoms with Crippen LogP contribution >= 0.6 is 11.6 Å². The number of alkyl halides is 4. The molecule has 0 bridgehead atoms. The molecule has 0 amide bonds. The van der Waals surface area contributed by atoms with Crippen molar-refractivity contribution in [2.45, 2.75) is 13.2 Å². The van der Waals surface area contributed by atoms with E-state index in [0.29, 0.717) is 0 Å². The van der Waals surface area contributed by atoms with Gasteiger partial charge in [-0.05, 0) is 6.07 Å². The molecule has 4 nitrogen and oxygen atoms in total. The van der Waals surface area contributed by atoms with E-state index in [2.05, 4.69) is 9.47 Å². The number of carbonyl (C=O) groups is 1. The molecular weight excluding hydrogens is 284 g/mol. The van der Waals surface area contributed by atoms with Gasteiger partial charge in [-0.15, -0.1) is 0 Å². The number of aromatic carboxylic acids is 1. The van der Waals surface area contributed by atoms with Crippen LogP contribution in [-0.2, 0) is 0 Å². The van der Waals surface area contributed by atoms with Crippen LogP contribution in [0.3, 0.4) is 0 Å². The lowest BCUT2D eigenvalue weighted by molar-refractivity contribution is -0.0696. The number of hydrogen-bond acceptors (Lipinski definition) is 3. The highest BCUT2D eigenvalue weighted by Crippen LogP contribution is 2.36. The highest BCUT2D eigenvalue weighted by atomic mass is 35.5. The zero-order chi connectivity index (χ0) is 13.9. The van der Waals surface area contributed by atoms with Crippen LogP contribution in [0.4, 0.5) is 17.6 Å². The monoisotopic (exact) mass is 288 g/mol. The Morgan fingerprint density at radius 1 is 1.17 bits per heavy atom. The van der Waals surface area contributed by atoms with Crippen LogP contribution in [0, 0.1) is 0 Å². The standard InChI is InChI=1S/C9H5ClF4O4/c10-3-1-4(7(15)16)6(18-9(13)14)5(2-3)17-8(11)12/h1-2,8-9H,(H,15,16). The van der Waals surface area contributed by atoms with Crippen molar-refractivity contribution in [3.05, 3.63) is 22.7 Å². The minimum atomic E-state index is -3.40. The van der Waals surface area contributed by atoms with E-state index >= 15 is 0 Å². The summed E-state index contributed by atoms with van der Waals surface area (Å²) in [5.41, 5.74) is -0.807. The van der Waals surface area contributed by atoms with Gasteiger partial charge >= 0.3 is 19.2 Å². The Morgan fingerprint density at radius 3 is 2.17 bits per heavy atom. The molecule has 0 radical (unpaired) electrons. The molecule has 1 aromatic carbocycles. The third-order valence-corrected chi connectivity index (χ3v) is 1.89. The second-order valence-corrected chi connectivity index (χ2v) is 3.28. The normalized spacial score (nSPS) is 10.8. The van der Waals surface area contributed by atoms with Crippen molar-refractivity contribution in [1.29, 1.82) is 0 Å². The van der Waals surface area contributed by atoms with E-state index < -0.39 is 36.3 Å². The fourth-order valence-electron chi connectivity index (χ4n) is 1.12. The Bertz CT molecular complexity index is 452. The first kappa shape index (κ1) is 14.4. The Hall–Kier alpha value is -1.70. The first-order chi connectivity index (χ1) is 8.31. The molecule has 0 atom stereocenters. The van der Waals surface area contributed by atoms with Gasteiger partial charge in [0.15, 0.2) is 11.5 Å². The van der Waals surface area contributed by atoms with Crippen molar-refractivity contribution in [1.82, 2.24) is 0 Å². The van der Waals surface area contributed by atoms with Crippen molar-refractivity contribution in [3.8, 4) is 11.5 Å². The number of benzene rings is 1. The molecule has 18 heavy (non-hydrogen) atoms. The summed E-state index contributed by atoms with van der Waals surface area (Å²) in [5, 5.41) is 8.46. The molecule has 0 saturated carbocycles. The smallest absolute Gasteiger partial charge is 0.387 e. The maximum absolute atomic E-state index is 12.1. The second-order valence-electron chi connectivity index (χ2n) is 2.84. The first-order valence-electron chi connectivity index (χ1n) is 4.27. The van der Waals surface area contributed by atoms with E-state index in [9.17, 15) is 22.4 Å². The molecule has 9 heteroatoms. The van der Waals surface area contributed by atoms with Gasteiger partial charge in [-0.2, -0.15) is 17.6 Å². The Morgan fingerprint density at radius 2 is 1.72 bits per heavy atom. The van der Waals surface area contributed by atoms with Crippen LogP contribution in [0.15, 0.2) is 12.1 Å². The fraction of sp³-hybridized carbons (Fsp3) is 0.222. The zero-order valence-corrected chi connectivity index (χ0v) is 9.13. The van der Waals surface area contributed by atoms with Crippen molar-refractivity contribution < 1.29 is 36.9 Å². The number of carboxylic acids is 1. The molecular formula is C9H5ClF4O4. The van der Waals surface area contributed by atoms with Gasteiger partial charge in [0.1, 0.15) is 5.56 Å². The quantitative estimate of drug-likeness (QED) is 0.845. The maximum atomic E-state index is 12.1. The van der Waals surface area contributed by atoms with E-state index in [1.165, 1.54) is 0 Å². The molecule has 0 fully saturated rings. The average molecular weight is 289 g/mol. The first-order valence-corrected chi connectivity index (χ1v) is 4.65. The van der Waals surface area contributed by atoms with Gasteiger partial charge in [-0.3, -0.25) is 0 Å². The molecule has 0 aliphatic heterocycles. The third-order valence-electron chi connectivity index (χ3n) is 1.67. The summed E-state index contributed by atoms with van der Waals surface area (Å²) in [6.07, 6.45) is 0. The molecule has 100 valence electrons. The molecule has 0 heterocycles. The van der Waals surface area contributed by atoms with Crippen LogP contribution in [0.1, 0.15) is 10.4 Å². The average Bonchev–Trinajstić information content (AvgIpc) is 2.19. The van der Waals surface area contributed by atoms with Crippen molar-refractivity contribution >= 4 is 17.6 Å². The van der Waals surface area contributed by atoms with Crippen molar-refractivity contribution in [3.63, 3.8) is 0 Å². The second kappa shape index (κ2) is 5.76. The SMILES string of the molecule is O=C(O)c1cc(Cl)cc(OC(F)F)c1OC(F)F. The molecule has 0 saturated heterocycles. The molecule has 0 spiro atoms. The minimum absolute atomic E-state index is 0.273. The van der Waals surface area contributed by atoms with Gasteiger partial charge < -0.3 is 14.6 Å². The summed E-state index contributed by atoms with van der Waals surface area (Å²) in [5.74, 6) is -3.57. The van der Waals surface area contributed by atoms with Gasteiger partial charge in [0, 0.05) is 11.1 Å². The van der Waals surface area contributed by atoms with Gasteiger partial charge in [0.05, 0.1) is 0 Å². The number of hydrogen-bond donors (Lipinski definition) is 1. The highest BCUT2D eigenvalue weighted by Gasteiger charge is 2.23. The van der Waals surface area contributed by atoms with Gasteiger partial charge in [0.25, 0.3) is 0 Å². The summed E-state index contributed by atoms with van der Waals surface area (Å²) >= 11 is 5.45. The highest BCUT2D eigenvalue weighted by molar-refractivity contribution is 6.31. The molecule has 1 rings (SSSR count). The third kappa shape index (κ3) is 3.66. The number of carboxylic acid groups (broad SMARTS) is 1. The van der Waals surface area contributed by atoms with E-state index in [0.717, 1.165) is 12.1 Å². The predicted octanol–water partition coefficient (Wildman–Crippen LogP) is 3.24. The maximum Gasteiger partial charge on any atom is 0.387 e. The van der Waals surface area contributed by atoms with Crippen LogP contribution in [-0.4, -0.2) is 24.3 Å². The predicted molar refractivity (Wildman–Crippen MR) is 51.7 cm³/mol. The summed E-state index contributed by atoms with van der Waals surface area (Å²) in [4.78, 5) is 10.8. The van der Waals surface area contributed by atoms with E-state index in [1.54, 1.807) is 0 Å². The summed E-state index contributed by atoms with van der Waals surface area (Å²) < 4.78 is 56.0. The Kier molecular flexibility index (Phi) is 4.60. The van der Waals surface area contributed by atoms with E-state index in [4.69, 9.17) is 16.7 Å². The minimum Gasteiger partial charge on any atom is -0.478 e. The number of halogens is 5. The van der Waals surface area contributed by atoms with Crippen molar-refractivity contribution in [2.75, 3.05) is 0 Å².